The van der Waals surface area contributed by atoms with E-state index >= 15 is 0 Å². The van der Waals surface area contributed by atoms with Crippen LogP contribution in [-0.2, 0) is 0 Å². The molecule has 0 unspecified atom stereocenters. The lowest BCUT2D eigenvalue weighted by molar-refractivity contribution is 0.0877. The molecule has 0 N–H and O–H groups in total. The average molecular weight is 775 g/mol. The van der Waals surface area contributed by atoms with Crippen molar-refractivity contribution in [2.45, 2.75) is 48.3 Å². The zero-order valence-corrected chi connectivity index (χ0v) is 32.3. The fraction of sp³-hybridized carbons (Fsp3) is 0.217. The molecule has 0 atom stereocenters. The molecule has 8 nitrogen and oxygen atoms in total. The van der Waals surface area contributed by atoms with Crippen LogP contribution in [0.3, 0.4) is 0 Å². The zero-order valence-electron chi connectivity index (χ0n) is 30.7. The van der Waals surface area contributed by atoms with Crippen LogP contribution < -0.4 is 19.6 Å². The predicted octanol–water partition coefficient (Wildman–Crippen LogP) is 10.4. The molecule has 0 spiro atoms. The first kappa shape index (κ1) is 34.9. The Bertz CT molecular complexity index is 2370. The number of hydrogen-bond acceptors (Lipinski definition) is 8. The monoisotopic (exact) mass is 774 g/mol. The van der Waals surface area contributed by atoms with Crippen molar-refractivity contribution in [1.82, 2.24) is 0 Å². The third-order valence-electron chi connectivity index (χ3n) is 11.6. The summed E-state index contributed by atoms with van der Waals surface area (Å²) in [5.41, 5.74) is 5.41. The number of benzene rings is 6. The first-order valence-corrected chi connectivity index (χ1v) is 21.5. The summed E-state index contributed by atoms with van der Waals surface area (Å²) >= 11 is 0. The van der Waals surface area contributed by atoms with Gasteiger partial charge in [0, 0.05) is 91.1 Å². The number of imide groups is 2. The number of anilines is 4. The molecule has 4 heterocycles. The molecule has 6 aromatic carbocycles. The molecule has 2 saturated heterocycles. The number of amides is 4. The molecule has 6 aromatic rings. The summed E-state index contributed by atoms with van der Waals surface area (Å²) in [4.78, 5) is 64.8. The first-order valence-electron chi connectivity index (χ1n) is 19.4. The van der Waals surface area contributed by atoms with E-state index in [1.54, 1.807) is 21.6 Å². The number of carbonyl (C=O) groups excluding carboxylic acids is 4. The Labute approximate surface area is 332 Å². The molecule has 4 amide bonds. The van der Waals surface area contributed by atoms with Crippen molar-refractivity contribution in [3.05, 3.63) is 131 Å². The fourth-order valence-corrected chi connectivity index (χ4v) is 10.8. The van der Waals surface area contributed by atoms with E-state index in [4.69, 9.17) is 0 Å². The van der Waals surface area contributed by atoms with Gasteiger partial charge in [0.1, 0.15) is 0 Å². The Morgan fingerprint density at radius 2 is 0.732 bits per heavy atom. The topological polar surface area (TPSA) is 81.2 Å². The quantitative estimate of drug-likeness (QED) is 0.117. The minimum absolute atomic E-state index is 0.313. The molecule has 10 rings (SSSR count). The van der Waals surface area contributed by atoms with Crippen LogP contribution in [0.25, 0.3) is 21.5 Å². The average Bonchev–Trinajstić information content (AvgIpc) is 3.25. The van der Waals surface area contributed by atoms with Gasteiger partial charge in [0.2, 0.25) is 0 Å². The number of rotatable bonds is 7. The second kappa shape index (κ2) is 14.2. The molecular formula is C46H38N4O4S2. The van der Waals surface area contributed by atoms with Crippen molar-refractivity contribution < 1.29 is 19.2 Å². The van der Waals surface area contributed by atoms with Gasteiger partial charge in [0.25, 0.3) is 23.6 Å². The number of hydrogen-bond donors (Lipinski definition) is 0. The van der Waals surface area contributed by atoms with Crippen molar-refractivity contribution in [3.8, 4) is 0 Å². The summed E-state index contributed by atoms with van der Waals surface area (Å²) in [6.45, 7) is 3.92. The maximum absolute atomic E-state index is 13.9. The van der Waals surface area contributed by atoms with Gasteiger partial charge in [-0.25, -0.2) is 9.80 Å². The molecule has 2 fully saturated rings. The van der Waals surface area contributed by atoms with Gasteiger partial charge < -0.3 is 9.80 Å². The van der Waals surface area contributed by atoms with E-state index in [1.165, 1.54) is 22.6 Å². The smallest absolute Gasteiger partial charge is 0.265 e. The standard InChI is InChI=1S/C46H38N4O4S2/c51-43-35-11-7-9-33-39(47-25-3-1-4-26-47)23-21-37(41(33)35)45(53)49(43)29-13-17-31(18-14-29)55-56-32-19-15-30(16-20-32)50-44(52)36-12-8-10-34-40(48-27-5-2-6-28-48)24-22-38(42(34)36)46(50)54/h7-24H,1-6,25-28H2. The van der Waals surface area contributed by atoms with Crippen molar-refractivity contribution in [3.63, 3.8) is 0 Å². The third kappa shape index (κ3) is 5.77. The molecule has 0 aliphatic carbocycles. The molecule has 4 aliphatic heterocycles. The maximum atomic E-state index is 13.9. The Morgan fingerprint density at radius 3 is 1.11 bits per heavy atom. The van der Waals surface area contributed by atoms with Crippen LogP contribution in [0, 0.1) is 0 Å². The molecule has 0 bridgehead atoms. The molecule has 0 radical (unpaired) electrons. The SMILES string of the molecule is O=C1c2cccc3c(N4CCCCC4)ccc(c23)C(=O)N1c1ccc(SSc2ccc(N3C(=O)c4cccc5c(N6CCCCC6)ccc(c45)C3=O)cc2)cc1. The van der Waals surface area contributed by atoms with Crippen molar-refractivity contribution in [1.29, 1.82) is 0 Å². The van der Waals surface area contributed by atoms with Crippen LogP contribution in [0.2, 0.25) is 0 Å². The summed E-state index contributed by atoms with van der Waals surface area (Å²) in [5.74, 6) is -1.25. The molecule has 10 heteroatoms. The summed E-state index contributed by atoms with van der Waals surface area (Å²) < 4.78 is 0. The van der Waals surface area contributed by atoms with E-state index in [-0.39, 0.29) is 23.6 Å². The molecule has 4 aliphatic rings. The third-order valence-corrected chi connectivity index (χ3v) is 14.0. The zero-order chi connectivity index (χ0) is 37.9. The van der Waals surface area contributed by atoms with E-state index in [0.29, 0.717) is 33.6 Å². The second-order valence-electron chi connectivity index (χ2n) is 14.9. The van der Waals surface area contributed by atoms with Crippen LogP contribution >= 0.6 is 21.6 Å². The minimum atomic E-state index is -0.313. The number of nitrogens with zero attached hydrogens (tertiary/aromatic N) is 4. The summed E-state index contributed by atoms with van der Waals surface area (Å²) in [7, 11) is 3.09. The highest BCUT2D eigenvalue weighted by Gasteiger charge is 2.36. The van der Waals surface area contributed by atoms with E-state index in [1.807, 2.05) is 109 Å². The number of piperidine rings is 2. The van der Waals surface area contributed by atoms with Crippen molar-refractivity contribution >= 4 is 89.5 Å². The van der Waals surface area contributed by atoms with Crippen molar-refractivity contribution in [2.75, 3.05) is 45.8 Å². The summed E-state index contributed by atoms with van der Waals surface area (Å²) in [5, 5.41) is 3.40. The summed E-state index contributed by atoms with van der Waals surface area (Å²) in [6.07, 6.45) is 7.03. The van der Waals surface area contributed by atoms with E-state index in [9.17, 15) is 19.2 Å². The van der Waals surface area contributed by atoms with Gasteiger partial charge in [-0.05, 0) is 123 Å². The molecule has 0 saturated carbocycles. The molecule has 0 aromatic heterocycles. The Hall–Kier alpha value is -5.58. The molecule has 278 valence electrons. The largest absolute Gasteiger partial charge is 0.371 e. The van der Waals surface area contributed by atoms with Gasteiger partial charge in [0.15, 0.2) is 0 Å². The van der Waals surface area contributed by atoms with Crippen LogP contribution in [0.4, 0.5) is 22.7 Å². The van der Waals surface area contributed by atoms with Gasteiger partial charge in [-0.2, -0.15) is 0 Å². The van der Waals surface area contributed by atoms with Gasteiger partial charge >= 0.3 is 0 Å². The van der Waals surface area contributed by atoms with Crippen LogP contribution in [0.5, 0.6) is 0 Å². The van der Waals surface area contributed by atoms with Gasteiger partial charge in [-0.1, -0.05) is 45.9 Å². The molecule has 56 heavy (non-hydrogen) atoms. The van der Waals surface area contributed by atoms with E-state index in [0.717, 1.165) is 94.6 Å². The molecular weight excluding hydrogens is 737 g/mol. The van der Waals surface area contributed by atoms with Crippen LogP contribution in [0.1, 0.15) is 80.0 Å². The maximum Gasteiger partial charge on any atom is 0.265 e. The Morgan fingerprint density at radius 1 is 0.375 bits per heavy atom. The highest BCUT2D eigenvalue weighted by atomic mass is 33.1. The van der Waals surface area contributed by atoms with E-state index < -0.39 is 0 Å². The highest BCUT2D eigenvalue weighted by Crippen LogP contribution is 2.42. The van der Waals surface area contributed by atoms with Gasteiger partial charge in [-0.15, -0.1) is 0 Å². The Kier molecular flexibility index (Phi) is 8.83. The minimum Gasteiger partial charge on any atom is -0.371 e. The summed E-state index contributed by atoms with van der Waals surface area (Å²) in [6, 6.07) is 34.3. The highest BCUT2D eigenvalue weighted by molar-refractivity contribution is 8.76. The fourth-order valence-electron chi connectivity index (χ4n) is 8.85. The lowest BCUT2D eigenvalue weighted by atomic mass is 9.92. The Balaban J connectivity index is 0.837. The van der Waals surface area contributed by atoms with Gasteiger partial charge in [-0.3, -0.25) is 19.2 Å². The normalized spacial score (nSPS) is 17.1. The number of carbonyl (C=O) groups is 4. The van der Waals surface area contributed by atoms with Crippen LogP contribution in [0.15, 0.2) is 119 Å². The first-order chi connectivity index (χ1) is 27.5. The van der Waals surface area contributed by atoms with Crippen molar-refractivity contribution in [2.24, 2.45) is 0 Å². The predicted molar refractivity (Wildman–Crippen MR) is 227 cm³/mol. The van der Waals surface area contributed by atoms with Gasteiger partial charge in [0.05, 0.1) is 11.4 Å². The second-order valence-corrected chi connectivity index (χ2v) is 17.1. The van der Waals surface area contributed by atoms with Crippen LogP contribution in [-0.4, -0.2) is 49.8 Å². The lowest BCUT2D eigenvalue weighted by Crippen LogP contribution is -2.40. The van der Waals surface area contributed by atoms with E-state index in [2.05, 4.69) is 9.80 Å². The lowest BCUT2D eigenvalue weighted by Gasteiger charge is -2.32.